The normalized spacial score (nSPS) is 9.92. The molecule has 2 aromatic carbocycles. The summed E-state index contributed by atoms with van der Waals surface area (Å²) in [7, 11) is 0. The number of halogens is 2. The molecule has 0 aliphatic carbocycles. The number of nitro benzene ring substituents is 1. The van der Waals surface area contributed by atoms with E-state index in [1.807, 2.05) is 0 Å². The van der Waals surface area contributed by atoms with Crippen molar-refractivity contribution in [3.8, 4) is 0 Å². The molecule has 0 fully saturated rings. The summed E-state index contributed by atoms with van der Waals surface area (Å²) in [4.78, 5) is 33.6. The summed E-state index contributed by atoms with van der Waals surface area (Å²) in [6, 6.07) is 8.81. The van der Waals surface area contributed by atoms with Gasteiger partial charge in [-0.1, -0.05) is 29.3 Å². The van der Waals surface area contributed by atoms with Crippen molar-refractivity contribution in [1.82, 2.24) is 10.9 Å². The number of benzene rings is 2. The van der Waals surface area contributed by atoms with E-state index in [2.05, 4.69) is 16.2 Å². The van der Waals surface area contributed by atoms with Crippen molar-refractivity contribution < 1.29 is 14.5 Å². The predicted molar refractivity (Wildman–Crippen MR) is 89.2 cm³/mol. The van der Waals surface area contributed by atoms with Crippen LogP contribution < -0.4 is 16.2 Å². The Morgan fingerprint density at radius 2 is 1.75 bits per heavy atom. The largest absolute Gasteiger partial charge is 0.337 e. The van der Waals surface area contributed by atoms with Gasteiger partial charge in [0.05, 0.1) is 15.0 Å². The second-order valence-corrected chi connectivity index (χ2v) is 5.28. The zero-order valence-electron chi connectivity index (χ0n) is 11.9. The molecule has 3 N–H and O–H groups in total. The summed E-state index contributed by atoms with van der Waals surface area (Å²) >= 11 is 11.6. The SMILES string of the molecule is O=C(NNC(=O)c1cccc([N+](=O)[O-])c1)Nc1ccc(Cl)c(Cl)c1. The number of nitrogens with zero attached hydrogens (tertiary/aromatic N) is 1. The lowest BCUT2D eigenvalue weighted by atomic mass is 10.2. The standard InChI is InChI=1S/C14H10Cl2N4O4/c15-11-5-4-9(7-12(11)16)17-14(22)19-18-13(21)8-2-1-3-10(6-8)20(23)24/h1-7H,(H,18,21)(H2,17,19,22). The molecule has 0 aromatic heterocycles. The summed E-state index contributed by atoms with van der Waals surface area (Å²) in [6.07, 6.45) is 0. The molecule has 0 unspecified atom stereocenters. The molecule has 0 saturated carbocycles. The Morgan fingerprint density at radius 1 is 1.00 bits per heavy atom. The van der Waals surface area contributed by atoms with Crippen LogP contribution in [0.1, 0.15) is 10.4 Å². The Hall–Kier alpha value is -2.84. The van der Waals surface area contributed by atoms with E-state index in [4.69, 9.17) is 23.2 Å². The van der Waals surface area contributed by atoms with Crippen LogP contribution in [0.3, 0.4) is 0 Å². The van der Waals surface area contributed by atoms with Gasteiger partial charge in [0, 0.05) is 23.4 Å². The Bertz CT molecular complexity index is 813. The van der Waals surface area contributed by atoms with Gasteiger partial charge in [-0.2, -0.15) is 0 Å². The van der Waals surface area contributed by atoms with Gasteiger partial charge in [-0.25, -0.2) is 10.2 Å². The molecule has 0 aliphatic heterocycles. The fourth-order valence-corrected chi connectivity index (χ4v) is 1.98. The van der Waals surface area contributed by atoms with Crippen molar-refractivity contribution in [2.75, 3.05) is 5.32 Å². The molecule has 2 rings (SSSR count). The minimum Gasteiger partial charge on any atom is -0.307 e. The van der Waals surface area contributed by atoms with Crippen LogP contribution in [-0.2, 0) is 0 Å². The number of carbonyl (C=O) groups is 2. The van der Waals surface area contributed by atoms with Gasteiger partial charge in [0.2, 0.25) is 0 Å². The fraction of sp³-hybridized carbons (Fsp3) is 0. The number of nitrogens with one attached hydrogen (secondary N) is 3. The minimum absolute atomic E-state index is 0.0269. The van der Waals surface area contributed by atoms with Crippen LogP contribution in [0.4, 0.5) is 16.2 Å². The van der Waals surface area contributed by atoms with Crippen molar-refractivity contribution in [3.05, 3.63) is 68.2 Å². The average Bonchev–Trinajstić information content (AvgIpc) is 2.56. The molecule has 10 heteroatoms. The number of anilines is 1. The Kier molecular flexibility index (Phi) is 5.56. The number of rotatable bonds is 3. The third-order valence-corrected chi connectivity index (χ3v) is 3.53. The quantitative estimate of drug-likeness (QED) is 0.569. The monoisotopic (exact) mass is 368 g/mol. The molecule has 0 heterocycles. The highest BCUT2D eigenvalue weighted by atomic mass is 35.5. The molecule has 0 saturated heterocycles. The first-order valence-electron chi connectivity index (χ1n) is 6.43. The molecular formula is C14H10Cl2N4O4. The van der Waals surface area contributed by atoms with E-state index in [-0.39, 0.29) is 16.3 Å². The van der Waals surface area contributed by atoms with Crippen LogP contribution in [0.15, 0.2) is 42.5 Å². The molecule has 0 aliphatic rings. The molecule has 2 aromatic rings. The van der Waals surface area contributed by atoms with Gasteiger partial charge in [-0.05, 0) is 24.3 Å². The molecule has 0 atom stereocenters. The molecule has 0 radical (unpaired) electrons. The first-order chi connectivity index (χ1) is 11.4. The molecule has 0 bridgehead atoms. The van der Waals surface area contributed by atoms with E-state index in [0.717, 1.165) is 6.07 Å². The summed E-state index contributed by atoms with van der Waals surface area (Å²) in [6.45, 7) is 0. The summed E-state index contributed by atoms with van der Waals surface area (Å²) in [5, 5.41) is 13.7. The maximum Gasteiger partial charge on any atom is 0.337 e. The van der Waals surface area contributed by atoms with Crippen LogP contribution in [0.2, 0.25) is 10.0 Å². The number of hydrogen-bond donors (Lipinski definition) is 3. The first kappa shape index (κ1) is 17.5. The van der Waals surface area contributed by atoms with Crippen molar-refractivity contribution >= 4 is 46.5 Å². The second kappa shape index (κ2) is 7.62. The maximum atomic E-state index is 11.9. The summed E-state index contributed by atoms with van der Waals surface area (Å²) in [5.41, 5.74) is 4.41. The number of hydrogen-bond acceptors (Lipinski definition) is 4. The number of urea groups is 1. The third kappa shape index (κ3) is 4.58. The number of carbonyl (C=O) groups excluding carboxylic acids is 2. The highest BCUT2D eigenvalue weighted by Gasteiger charge is 2.12. The van der Waals surface area contributed by atoms with Crippen LogP contribution in [0, 0.1) is 10.1 Å². The Labute approximate surface area is 145 Å². The lowest BCUT2D eigenvalue weighted by Crippen LogP contribution is -2.43. The zero-order valence-corrected chi connectivity index (χ0v) is 13.4. The smallest absolute Gasteiger partial charge is 0.307 e. The van der Waals surface area contributed by atoms with Crippen molar-refractivity contribution in [1.29, 1.82) is 0 Å². The zero-order chi connectivity index (χ0) is 17.7. The molecular weight excluding hydrogens is 359 g/mol. The van der Waals surface area contributed by atoms with E-state index >= 15 is 0 Å². The van der Waals surface area contributed by atoms with Crippen molar-refractivity contribution in [2.45, 2.75) is 0 Å². The van der Waals surface area contributed by atoms with E-state index in [1.54, 1.807) is 0 Å². The topological polar surface area (TPSA) is 113 Å². The first-order valence-corrected chi connectivity index (χ1v) is 7.19. The van der Waals surface area contributed by atoms with E-state index in [9.17, 15) is 19.7 Å². The van der Waals surface area contributed by atoms with E-state index in [0.29, 0.717) is 10.7 Å². The van der Waals surface area contributed by atoms with Crippen LogP contribution in [-0.4, -0.2) is 16.9 Å². The van der Waals surface area contributed by atoms with Crippen molar-refractivity contribution in [2.24, 2.45) is 0 Å². The summed E-state index contributed by atoms with van der Waals surface area (Å²) < 4.78 is 0. The lowest BCUT2D eigenvalue weighted by molar-refractivity contribution is -0.384. The van der Waals surface area contributed by atoms with Crippen LogP contribution >= 0.6 is 23.2 Å². The van der Waals surface area contributed by atoms with Crippen LogP contribution in [0.25, 0.3) is 0 Å². The number of nitro groups is 1. The highest BCUT2D eigenvalue weighted by Crippen LogP contribution is 2.24. The number of hydrazine groups is 1. The van der Waals surface area contributed by atoms with Crippen molar-refractivity contribution in [3.63, 3.8) is 0 Å². The van der Waals surface area contributed by atoms with Crippen LogP contribution in [0.5, 0.6) is 0 Å². The average molecular weight is 369 g/mol. The fourth-order valence-electron chi connectivity index (χ4n) is 1.68. The second-order valence-electron chi connectivity index (χ2n) is 4.47. The molecule has 3 amide bonds. The van der Waals surface area contributed by atoms with E-state index < -0.39 is 16.9 Å². The molecule has 24 heavy (non-hydrogen) atoms. The highest BCUT2D eigenvalue weighted by molar-refractivity contribution is 6.42. The third-order valence-electron chi connectivity index (χ3n) is 2.79. The molecule has 8 nitrogen and oxygen atoms in total. The maximum absolute atomic E-state index is 11.9. The summed E-state index contributed by atoms with van der Waals surface area (Å²) in [5.74, 6) is -0.706. The van der Waals surface area contributed by atoms with Gasteiger partial charge in [-0.3, -0.25) is 20.3 Å². The number of non-ortho nitro benzene ring substituents is 1. The van der Waals surface area contributed by atoms with Gasteiger partial charge in [-0.15, -0.1) is 0 Å². The van der Waals surface area contributed by atoms with Gasteiger partial charge in [0.1, 0.15) is 0 Å². The Balaban J connectivity index is 1.93. The molecule has 0 spiro atoms. The van der Waals surface area contributed by atoms with Gasteiger partial charge < -0.3 is 5.32 Å². The van der Waals surface area contributed by atoms with Gasteiger partial charge in [0.15, 0.2) is 0 Å². The molecule has 124 valence electrons. The van der Waals surface area contributed by atoms with E-state index in [1.165, 1.54) is 36.4 Å². The number of amides is 3. The van der Waals surface area contributed by atoms with Gasteiger partial charge in [0.25, 0.3) is 11.6 Å². The minimum atomic E-state index is -0.729. The lowest BCUT2D eigenvalue weighted by Gasteiger charge is -2.09. The predicted octanol–water partition coefficient (Wildman–Crippen LogP) is 3.37. The van der Waals surface area contributed by atoms with Gasteiger partial charge >= 0.3 is 6.03 Å². The Morgan fingerprint density at radius 3 is 2.42 bits per heavy atom.